The first kappa shape index (κ1) is 13.4. The summed E-state index contributed by atoms with van der Waals surface area (Å²) in [6, 6.07) is 1.60. The molecule has 0 aromatic heterocycles. The first-order chi connectivity index (χ1) is 8.29. The lowest BCUT2D eigenvalue weighted by atomic mass is 9.94. The van der Waals surface area contributed by atoms with Gasteiger partial charge < -0.3 is 10.2 Å². The summed E-state index contributed by atoms with van der Waals surface area (Å²) in [4.78, 5) is 2.58. The molecule has 100 valence electrons. The maximum atomic E-state index is 3.97. The Kier molecular flexibility index (Phi) is 5.30. The Bertz CT molecular complexity index is 209. The highest BCUT2D eigenvalue weighted by Crippen LogP contribution is 2.24. The van der Waals surface area contributed by atoms with Crippen molar-refractivity contribution in [3.63, 3.8) is 0 Å². The fraction of sp³-hybridized carbons (Fsp3) is 1.00. The van der Waals surface area contributed by atoms with Crippen LogP contribution in [0.25, 0.3) is 0 Å². The van der Waals surface area contributed by atoms with Crippen LogP contribution in [0.3, 0.4) is 0 Å². The summed E-state index contributed by atoms with van der Waals surface area (Å²) in [5.74, 6) is 0.890. The minimum absolute atomic E-state index is 0.795. The van der Waals surface area contributed by atoms with E-state index in [0.29, 0.717) is 0 Å². The van der Waals surface area contributed by atoms with Gasteiger partial charge >= 0.3 is 0 Å². The lowest BCUT2D eigenvalue weighted by Crippen LogP contribution is -2.47. The molecule has 0 aromatic rings. The van der Waals surface area contributed by atoms with Crippen molar-refractivity contribution in [3.8, 4) is 0 Å². The standard InChI is InChI=1S/C15H30N2/c1-3-17-11-9-14(10-12-17)16-15-8-6-4-5-7-13(15)2/h13-16H,3-12H2,1-2H3. The van der Waals surface area contributed by atoms with Crippen LogP contribution in [0.1, 0.15) is 58.8 Å². The number of piperidine rings is 1. The Balaban J connectivity index is 1.76. The minimum Gasteiger partial charge on any atom is -0.311 e. The summed E-state index contributed by atoms with van der Waals surface area (Å²) in [5, 5.41) is 3.97. The smallest absolute Gasteiger partial charge is 0.00953 e. The second kappa shape index (κ2) is 6.75. The lowest BCUT2D eigenvalue weighted by Gasteiger charge is -2.35. The highest BCUT2D eigenvalue weighted by atomic mass is 15.1. The van der Waals surface area contributed by atoms with E-state index < -0.39 is 0 Å². The van der Waals surface area contributed by atoms with Gasteiger partial charge in [0.25, 0.3) is 0 Å². The van der Waals surface area contributed by atoms with E-state index in [2.05, 4.69) is 24.1 Å². The van der Waals surface area contributed by atoms with E-state index in [9.17, 15) is 0 Å². The van der Waals surface area contributed by atoms with Crippen molar-refractivity contribution in [2.75, 3.05) is 19.6 Å². The van der Waals surface area contributed by atoms with Crippen LogP contribution < -0.4 is 5.32 Å². The number of hydrogen-bond acceptors (Lipinski definition) is 2. The normalized spacial score (nSPS) is 33.5. The van der Waals surface area contributed by atoms with Crippen LogP contribution in [0, 0.1) is 5.92 Å². The van der Waals surface area contributed by atoms with E-state index in [4.69, 9.17) is 0 Å². The van der Waals surface area contributed by atoms with E-state index in [1.807, 2.05) is 0 Å². The summed E-state index contributed by atoms with van der Waals surface area (Å²) in [5.41, 5.74) is 0. The fourth-order valence-electron chi connectivity index (χ4n) is 3.46. The number of nitrogens with zero attached hydrogens (tertiary/aromatic N) is 1. The largest absolute Gasteiger partial charge is 0.311 e. The molecule has 0 spiro atoms. The Morgan fingerprint density at radius 3 is 2.41 bits per heavy atom. The highest BCUT2D eigenvalue weighted by Gasteiger charge is 2.24. The van der Waals surface area contributed by atoms with Crippen LogP contribution in [0.15, 0.2) is 0 Å². The van der Waals surface area contributed by atoms with Gasteiger partial charge in [0.05, 0.1) is 0 Å². The van der Waals surface area contributed by atoms with Crippen molar-refractivity contribution in [2.45, 2.75) is 70.9 Å². The average Bonchev–Trinajstić information content (AvgIpc) is 2.56. The van der Waals surface area contributed by atoms with Gasteiger partial charge in [-0.05, 0) is 51.2 Å². The van der Waals surface area contributed by atoms with Gasteiger partial charge in [0, 0.05) is 12.1 Å². The van der Waals surface area contributed by atoms with E-state index in [-0.39, 0.29) is 0 Å². The topological polar surface area (TPSA) is 15.3 Å². The van der Waals surface area contributed by atoms with E-state index in [1.54, 1.807) is 0 Å². The van der Waals surface area contributed by atoms with E-state index >= 15 is 0 Å². The molecule has 2 fully saturated rings. The number of likely N-dealkylation sites (tertiary alicyclic amines) is 1. The maximum absolute atomic E-state index is 3.97. The molecule has 1 heterocycles. The SMILES string of the molecule is CCN1CCC(NC2CCCCCC2C)CC1. The first-order valence-corrected chi connectivity index (χ1v) is 7.78. The van der Waals surface area contributed by atoms with Gasteiger partial charge in [-0.25, -0.2) is 0 Å². The van der Waals surface area contributed by atoms with Gasteiger partial charge in [0.15, 0.2) is 0 Å². The predicted octanol–water partition coefficient (Wildman–Crippen LogP) is 3.03. The summed E-state index contributed by atoms with van der Waals surface area (Å²) in [6.45, 7) is 8.56. The van der Waals surface area contributed by atoms with Crippen LogP contribution in [0.5, 0.6) is 0 Å². The third-order valence-corrected chi connectivity index (χ3v) is 4.85. The molecular weight excluding hydrogens is 208 g/mol. The van der Waals surface area contributed by atoms with Gasteiger partial charge in [0.2, 0.25) is 0 Å². The van der Waals surface area contributed by atoms with Gasteiger partial charge in [-0.3, -0.25) is 0 Å². The lowest BCUT2D eigenvalue weighted by molar-refractivity contribution is 0.187. The Morgan fingerprint density at radius 2 is 1.71 bits per heavy atom. The second-order valence-corrected chi connectivity index (χ2v) is 6.10. The van der Waals surface area contributed by atoms with Crippen LogP contribution in [-0.4, -0.2) is 36.6 Å². The summed E-state index contributed by atoms with van der Waals surface area (Å²) in [6.07, 6.45) is 9.91. The van der Waals surface area contributed by atoms with E-state index in [1.165, 1.54) is 64.6 Å². The van der Waals surface area contributed by atoms with Crippen LogP contribution >= 0.6 is 0 Å². The predicted molar refractivity (Wildman–Crippen MR) is 74.3 cm³/mol. The molecule has 1 N–H and O–H groups in total. The third-order valence-electron chi connectivity index (χ3n) is 4.85. The summed E-state index contributed by atoms with van der Waals surface area (Å²) < 4.78 is 0. The molecule has 2 rings (SSSR count). The van der Waals surface area contributed by atoms with Crippen molar-refractivity contribution in [3.05, 3.63) is 0 Å². The summed E-state index contributed by atoms with van der Waals surface area (Å²) >= 11 is 0. The third kappa shape index (κ3) is 3.96. The van der Waals surface area contributed by atoms with Crippen LogP contribution in [-0.2, 0) is 0 Å². The molecule has 2 aliphatic rings. The molecule has 2 heteroatoms. The molecule has 2 nitrogen and oxygen atoms in total. The van der Waals surface area contributed by atoms with Crippen molar-refractivity contribution >= 4 is 0 Å². The number of rotatable bonds is 3. The molecule has 2 atom stereocenters. The molecule has 1 aliphatic heterocycles. The summed E-state index contributed by atoms with van der Waals surface area (Å²) in [7, 11) is 0. The van der Waals surface area contributed by atoms with Crippen molar-refractivity contribution in [1.82, 2.24) is 10.2 Å². The minimum atomic E-state index is 0.795. The zero-order valence-corrected chi connectivity index (χ0v) is 11.8. The molecule has 0 amide bonds. The molecule has 0 radical (unpaired) electrons. The molecule has 1 aliphatic carbocycles. The zero-order valence-electron chi connectivity index (χ0n) is 11.8. The van der Waals surface area contributed by atoms with Crippen molar-refractivity contribution < 1.29 is 0 Å². The van der Waals surface area contributed by atoms with Crippen LogP contribution in [0.4, 0.5) is 0 Å². The average molecular weight is 238 g/mol. The Labute approximate surface area is 107 Å². The molecule has 0 bridgehead atoms. The van der Waals surface area contributed by atoms with Gasteiger partial charge in [-0.15, -0.1) is 0 Å². The second-order valence-electron chi connectivity index (χ2n) is 6.10. The number of hydrogen-bond donors (Lipinski definition) is 1. The number of nitrogens with one attached hydrogen (secondary N) is 1. The molecule has 1 saturated heterocycles. The monoisotopic (exact) mass is 238 g/mol. The van der Waals surface area contributed by atoms with Crippen LogP contribution in [0.2, 0.25) is 0 Å². The van der Waals surface area contributed by atoms with E-state index in [0.717, 1.165) is 18.0 Å². The Morgan fingerprint density at radius 1 is 1.00 bits per heavy atom. The molecule has 1 saturated carbocycles. The van der Waals surface area contributed by atoms with Gasteiger partial charge in [0.1, 0.15) is 0 Å². The zero-order chi connectivity index (χ0) is 12.1. The van der Waals surface area contributed by atoms with Gasteiger partial charge in [-0.1, -0.05) is 33.1 Å². The van der Waals surface area contributed by atoms with Gasteiger partial charge in [-0.2, -0.15) is 0 Å². The van der Waals surface area contributed by atoms with Crippen molar-refractivity contribution in [1.29, 1.82) is 0 Å². The first-order valence-electron chi connectivity index (χ1n) is 7.78. The van der Waals surface area contributed by atoms with Crippen molar-refractivity contribution in [2.24, 2.45) is 5.92 Å². The molecule has 17 heavy (non-hydrogen) atoms. The maximum Gasteiger partial charge on any atom is 0.00953 e. The molecular formula is C15H30N2. The Hall–Kier alpha value is -0.0800. The molecule has 0 aromatic carbocycles. The quantitative estimate of drug-likeness (QED) is 0.760. The highest BCUT2D eigenvalue weighted by molar-refractivity contribution is 4.84. The fourth-order valence-corrected chi connectivity index (χ4v) is 3.46. The molecule has 2 unspecified atom stereocenters.